The summed E-state index contributed by atoms with van der Waals surface area (Å²) >= 11 is 0. The van der Waals surface area contributed by atoms with E-state index >= 15 is 0 Å². The molecule has 0 saturated carbocycles. The highest BCUT2D eigenvalue weighted by Crippen LogP contribution is 2.48. The van der Waals surface area contributed by atoms with Gasteiger partial charge in [-0.25, -0.2) is 0 Å². The van der Waals surface area contributed by atoms with Crippen LogP contribution in [0.4, 0.5) is 0 Å². The van der Waals surface area contributed by atoms with Crippen molar-refractivity contribution in [3.8, 4) is 44.5 Å². The van der Waals surface area contributed by atoms with Gasteiger partial charge in [-0.3, -0.25) is 0 Å². The Hall–Kier alpha value is -7.02. The minimum absolute atomic E-state index is 1.21. The number of fused-ring (bicyclic) bond motifs is 8. The molecule has 0 nitrogen and oxygen atoms in total. The van der Waals surface area contributed by atoms with E-state index in [-0.39, 0.29) is 0 Å². The minimum Gasteiger partial charge on any atom is -0.0622 e. The van der Waals surface area contributed by atoms with E-state index in [1.165, 1.54) is 109 Å². The van der Waals surface area contributed by atoms with E-state index in [0.29, 0.717) is 0 Å². The summed E-state index contributed by atoms with van der Waals surface area (Å²) in [4.78, 5) is 0. The van der Waals surface area contributed by atoms with Crippen molar-refractivity contribution < 1.29 is 0 Å². The van der Waals surface area contributed by atoms with Gasteiger partial charge in [0.15, 0.2) is 0 Å². The van der Waals surface area contributed by atoms with Crippen molar-refractivity contribution in [3.63, 3.8) is 0 Å². The van der Waals surface area contributed by atoms with Crippen LogP contribution >= 0.6 is 0 Å². The lowest BCUT2D eigenvalue weighted by atomic mass is 9.82. The second kappa shape index (κ2) is 12.3. The SMILES string of the molecule is c1ccc(-c2ccc3c(-c4cccc(-c5cc6ccccc6c6ccccc56)c4)c4ccccc4c(-c4cc5ccccc5c5ccccc45)c3c2)cc1. The van der Waals surface area contributed by atoms with E-state index in [1.807, 2.05) is 0 Å². The molecule has 11 aromatic rings. The number of benzene rings is 11. The maximum absolute atomic E-state index is 2.43. The van der Waals surface area contributed by atoms with E-state index in [2.05, 4.69) is 206 Å². The number of hydrogen-bond donors (Lipinski definition) is 0. The summed E-state index contributed by atoms with van der Waals surface area (Å²) in [5, 5.41) is 15.2. The predicted octanol–water partition coefficient (Wildman–Crippen LogP) is 15.3. The second-order valence-corrected chi connectivity index (χ2v) is 14.4. The van der Waals surface area contributed by atoms with Crippen LogP contribution < -0.4 is 0 Å². The van der Waals surface area contributed by atoms with Crippen molar-refractivity contribution in [1.82, 2.24) is 0 Å². The van der Waals surface area contributed by atoms with Gasteiger partial charge in [-0.2, -0.15) is 0 Å². The van der Waals surface area contributed by atoms with Crippen LogP contribution in [0.1, 0.15) is 0 Å². The Balaban J connectivity index is 1.24. The average molecular weight is 683 g/mol. The van der Waals surface area contributed by atoms with Crippen molar-refractivity contribution in [2.75, 3.05) is 0 Å². The summed E-state index contributed by atoms with van der Waals surface area (Å²) < 4.78 is 0. The molecule has 0 amide bonds. The zero-order chi connectivity index (χ0) is 35.6. The monoisotopic (exact) mass is 682 g/mol. The highest BCUT2D eigenvalue weighted by Gasteiger charge is 2.20. The van der Waals surface area contributed by atoms with Crippen molar-refractivity contribution >= 4 is 64.6 Å². The van der Waals surface area contributed by atoms with Gasteiger partial charge in [0.1, 0.15) is 0 Å². The molecule has 0 fully saturated rings. The van der Waals surface area contributed by atoms with Gasteiger partial charge >= 0.3 is 0 Å². The van der Waals surface area contributed by atoms with Crippen LogP contribution in [0.3, 0.4) is 0 Å². The van der Waals surface area contributed by atoms with Gasteiger partial charge in [-0.05, 0) is 133 Å². The van der Waals surface area contributed by atoms with Crippen LogP contribution in [0.2, 0.25) is 0 Å². The van der Waals surface area contributed by atoms with E-state index in [4.69, 9.17) is 0 Å². The molecule has 11 rings (SSSR count). The zero-order valence-electron chi connectivity index (χ0n) is 29.6. The minimum atomic E-state index is 1.21. The van der Waals surface area contributed by atoms with Crippen molar-refractivity contribution in [1.29, 1.82) is 0 Å². The predicted molar refractivity (Wildman–Crippen MR) is 233 cm³/mol. The fraction of sp³-hybridized carbons (Fsp3) is 0. The van der Waals surface area contributed by atoms with Gasteiger partial charge < -0.3 is 0 Å². The van der Waals surface area contributed by atoms with Crippen LogP contribution in [-0.2, 0) is 0 Å². The van der Waals surface area contributed by atoms with Gasteiger partial charge in [0.2, 0.25) is 0 Å². The molecule has 54 heavy (non-hydrogen) atoms. The lowest BCUT2D eigenvalue weighted by Crippen LogP contribution is -1.93. The molecule has 250 valence electrons. The van der Waals surface area contributed by atoms with Crippen LogP contribution in [0, 0.1) is 0 Å². The smallest absolute Gasteiger partial charge is 0.00197 e. The van der Waals surface area contributed by atoms with Gasteiger partial charge in [0.05, 0.1) is 0 Å². The topological polar surface area (TPSA) is 0 Å². The first-order valence-corrected chi connectivity index (χ1v) is 18.8. The Labute approximate surface area is 314 Å². The summed E-state index contributed by atoms with van der Waals surface area (Å²) in [6.45, 7) is 0. The van der Waals surface area contributed by atoms with Crippen molar-refractivity contribution in [2.45, 2.75) is 0 Å². The molecule has 0 spiro atoms. The van der Waals surface area contributed by atoms with Crippen LogP contribution in [0.15, 0.2) is 206 Å². The van der Waals surface area contributed by atoms with Crippen LogP contribution in [0.25, 0.3) is 109 Å². The molecule has 0 aliphatic heterocycles. The Morgan fingerprint density at radius 1 is 0.185 bits per heavy atom. The van der Waals surface area contributed by atoms with E-state index in [9.17, 15) is 0 Å². The summed E-state index contributed by atoms with van der Waals surface area (Å²) in [6.07, 6.45) is 0. The first kappa shape index (κ1) is 30.6. The summed E-state index contributed by atoms with van der Waals surface area (Å²) in [5.74, 6) is 0. The van der Waals surface area contributed by atoms with E-state index in [1.54, 1.807) is 0 Å². The zero-order valence-corrected chi connectivity index (χ0v) is 29.6. The normalized spacial score (nSPS) is 11.7. The molecular weight excluding hydrogens is 649 g/mol. The Bertz CT molecular complexity index is 3260. The second-order valence-electron chi connectivity index (χ2n) is 14.4. The third kappa shape index (κ3) is 4.78. The van der Waals surface area contributed by atoms with Crippen LogP contribution in [0.5, 0.6) is 0 Å². The molecule has 0 bridgehead atoms. The summed E-state index contributed by atoms with van der Waals surface area (Å²) in [6, 6.07) is 76.2. The van der Waals surface area contributed by atoms with Gasteiger partial charge in [0.25, 0.3) is 0 Å². The molecule has 0 aliphatic rings. The lowest BCUT2D eigenvalue weighted by Gasteiger charge is -2.21. The number of hydrogen-bond acceptors (Lipinski definition) is 0. The first-order chi connectivity index (χ1) is 26.8. The molecular formula is C54H34. The summed E-state index contributed by atoms with van der Waals surface area (Å²) in [5.41, 5.74) is 9.93. The Morgan fingerprint density at radius 3 is 1.31 bits per heavy atom. The first-order valence-electron chi connectivity index (χ1n) is 18.8. The fourth-order valence-electron chi connectivity index (χ4n) is 8.99. The highest BCUT2D eigenvalue weighted by molar-refractivity contribution is 6.26. The van der Waals surface area contributed by atoms with Crippen molar-refractivity contribution in [3.05, 3.63) is 206 Å². The standard InChI is InChI=1S/C54H34/c1-2-15-35(16-3-1)36-29-30-49-52(32-36)54(51-34-39-18-5-7-22-42(39)44-24-9-11-26-46(44)51)48-28-13-12-27-47(48)53(49)40-20-14-19-37(31-40)50-33-38-17-4-6-21-41(38)43-23-8-10-25-45(43)50/h1-34H. The Morgan fingerprint density at radius 2 is 0.648 bits per heavy atom. The molecule has 0 N–H and O–H groups in total. The molecule has 0 heterocycles. The van der Waals surface area contributed by atoms with E-state index < -0.39 is 0 Å². The quantitative estimate of drug-likeness (QED) is 0.128. The molecule has 11 aromatic carbocycles. The largest absolute Gasteiger partial charge is 0.0622 e. The molecule has 0 atom stereocenters. The fourth-order valence-corrected chi connectivity index (χ4v) is 8.99. The maximum Gasteiger partial charge on any atom is -0.00197 e. The van der Waals surface area contributed by atoms with Crippen LogP contribution in [-0.4, -0.2) is 0 Å². The van der Waals surface area contributed by atoms with E-state index in [0.717, 1.165) is 0 Å². The lowest BCUT2D eigenvalue weighted by molar-refractivity contribution is 1.63. The van der Waals surface area contributed by atoms with Gasteiger partial charge in [-0.1, -0.05) is 182 Å². The molecule has 0 saturated heterocycles. The highest BCUT2D eigenvalue weighted by atomic mass is 14.2. The molecule has 0 aromatic heterocycles. The molecule has 0 heteroatoms. The Kier molecular flexibility index (Phi) is 6.97. The van der Waals surface area contributed by atoms with Gasteiger partial charge in [0, 0.05) is 0 Å². The molecule has 0 unspecified atom stereocenters. The number of rotatable bonds is 4. The maximum atomic E-state index is 2.43. The average Bonchev–Trinajstić information content (AvgIpc) is 3.25. The molecule has 0 aliphatic carbocycles. The van der Waals surface area contributed by atoms with Crippen molar-refractivity contribution in [2.24, 2.45) is 0 Å². The van der Waals surface area contributed by atoms with Gasteiger partial charge in [-0.15, -0.1) is 0 Å². The molecule has 0 radical (unpaired) electrons. The third-order valence-corrected chi connectivity index (χ3v) is 11.4. The summed E-state index contributed by atoms with van der Waals surface area (Å²) in [7, 11) is 0. The third-order valence-electron chi connectivity index (χ3n) is 11.4.